The molecule has 0 saturated carbocycles. The molecule has 0 atom stereocenters. The van der Waals surface area contributed by atoms with E-state index in [4.69, 9.17) is 4.74 Å². The highest BCUT2D eigenvalue weighted by Gasteiger charge is 2.10. The van der Waals surface area contributed by atoms with Crippen LogP contribution in [0.1, 0.15) is 92.6 Å². The van der Waals surface area contributed by atoms with Gasteiger partial charge in [-0.1, -0.05) is 107 Å². The third-order valence-electron chi connectivity index (χ3n) is 4.99. The molecule has 0 heterocycles. The molecule has 0 aliphatic rings. The van der Waals surface area contributed by atoms with Gasteiger partial charge in [0.15, 0.2) is 0 Å². The molecule has 2 nitrogen and oxygen atoms in total. The Morgan fingerprint density at radius 1 is 0.724 bits per heavy atom. The number of rotatable bonds is 12. The van der Waals surface area contributed by atoms with E-state index < -0.39 is 0 Å². The first-order valence-corrected chi connectivity index (χ1v) is 11.1. The number of benzene rings is 2. The van der Waals surface area contributed by atoms with Crippen molar-refractivity contribution in [3.63, 3.8) is 0 Å². The lowest BCUT2D eigenvalue weighted by Crippen LogP contribution is -2.08. The Morgan fingerprint density at radius 2 is 1.31 bits per heavy atom. The highest BCUT2D eigenvalue weighted by molar-refractivity contribution is 5.92. The number of carbonyl (C=O) groups is 1. The summed E-state index contributed by atoms with van der Waals surface area (Å²) in [7, 11) is 0. The summed E-state index contributed by atoms with van der Waals surface area (Å²) >= 11 is 0. The Labute approximate surface area is 176 Å². The molecule has 2 rings (SSSR count). The fourth-order valence-electron chi connectivity index (χ4n) is 3.26. The van der Waals surface area contributed by atoms with Gasteiger partial charge in [-0.2, -0.15) is 0 Å². The molecule has 0 N–H and O–H groups in total. The van der Waals surface area contributed by atoms with Gasteiger partial charge >= 0.3 is 5.97 Å². The molecule has 154 valence electrons. The van der Waals surface area contributed by atoms with E-state index >= 15 is 0 Å². The minimum Gasteiger partial charge on any atom is -0.462 e. The summed E-state index contributed by atoms with van der Waals surface area (Å²) in [6.45, 7) is 2.74. The minimum absolute atomic E-state index is 0.279. The van der Waals surface area contributed by atoms with Crippen LogP contribution in [-0.2, 0) is 4.74 Å². The molecule has 0 fully saturated rings. The van der Waals surface area contributed by atoms with Crippen LogP contribution in [-0.4, -0.2) is 12.6 Å². The number of esters is 1. The average Bonchev–Trinajstić information content (AvgIpc) is 2.77. The third kappa shape index (κ3) is 9.48. The summed E-state index contributed by atoms with van der Waals surface area (Å²) in [6.07, 6.45) is 12.7. The highest BCUT2D eigenvalue weighted by Crippen LogP contribution is 2.12. The van der Waals surface area contributed by atoms with Crippen molar-refractivity contribution in [2.45, 2.75) is 71.1 Å². The number of hydrogen-bond acceptors (Lipinski definition) is 2. The molecule has 0 aliphatic heterocycles. The molecule has 2 aromatic carbocycles. The molecular formula is C27H34O2. The summed E-state index contributed by atoms with van der Waals surface area (Å²) in [5.41, 5.74) is 2.19. The predicted octanol–water partition coefficient (Wildman–Crippen LogP) is 7.16. The fraction of sp³-hybridized carbons (Fsp3) is 0.444. The molecule has 0 radical (unpaired) electrons. The lowest BCUT2D eigenvalue weighted by Gasteiger charge is -2.07. The van der Waals surface area contributed by atoms with Gasteiger partial charge in [-0.15, -0.1) is 0 Å². The van der Waals surface area contributed by atoms with Crippen LogP contribution in [0.4, 0.5) is 0 Å². The van der Waals surface area contributed by atoms with Gasteiger partial charge < -0.3 is 4.74 Å². The quantitative estimate of drug-likeness (QED) is 0.218. The van der Waals surface area contributed by atoms with Crippen molar-refractivity contribution in [1.29, 1.82) is 0 Å². The second kappa shape index (κ2) is 14.5. The van der Waals surface area contributed by atoms with E-state index in [1.165, 1.54) is 51.4 Å². The van der Waals surface area contributed by atoms with E-state index in [2.05, 4.69) is 18.8 Å². The zero-order valence-electron chi connectivity index (χ0n) is 17.8. The van der Waals surface area contributed by atoms with Crippen molar-refractivity contribution in [3.8, 4) is 11.8 Å². The van der Waals surface area contributed by atoms with E-state index in [1.807, 2.05) is 48.5 Å². The van der Waals surface area contributed by atoms with Gasteiger partial charge in [0.1, 0.15) is 0 Å². The van der Waals surface area contributed by atoms with Gasteiger partial charge in [-0.3, -0.25) is 0 Å². The Morgan fingerprint density at radius 3 is 2.00 bits per heavy atom. The summed E-state index contributed by atoms with van der Waals surface area (Å²) in [5.74, 6) is 5.93. The largest absolute Gasteiger partial charge is 0.462 e. The smallest absolute Gasteiger partial charge is 0.339 e. The number of hydrogen-bond donors (Lipinski definition) is 0. The third-order valence-corrected chi connectivity index (χ3v) is 4.99. The molecule has 0 saturated heterocycles. The highest BCUT2D eigenvalue weighted by atomic mass is 16.5. The Kier molecular flexibility index (Phi) is 11.4. The van der Waals surface area contributed by atoms with E-state index in [-0.39, 0.29) is 5.97 Å². The Bertz CT molecular complexity index is 768. The van der Waals surface area contributed by atoms with E-state index in [0.29, 0.717) is 17.7 Å². The Balaban J connectivity index is 1.68. The van der Waals surface area contributed by atoms with Crippen molar-refractivity contribution in [1.82, 2.24) is 0 Å². The van der Waals surface area contributed by atoms with Gasteiger partial charge in [0.05, 0.1) is 12.2 Å². The monoisotopic (exact) mass is 390 g/mol. The van der Waals surface area contributed by atoms with Gasteiger partial charge in [-0.05, 0) is 30.7 Å². The summed E-state index contributed by atoms with van der Waals surface area (Å²) in [6, 6.07) is 17.2. The molecular weight excluding hydrogens is 356 g/mol. The second-order valence-electron chi connectivity index (χ2n) is 7.48. The van der Waals surface area contributed by atoms with Crippen molar-refractivity contribution in [3.05, 3.63) is 71.3 Å². The van der Waals surface area contributed by atoms with Crippen molar-refractivity contribution in [2.24, 2.45) is 0 Å². The molecule has 2 heteroatoms. The van der Waals surface area contributed by atoms with E-state index in [1.54, 1.807) is 6.07 Å². The summed E-state index contributed by atoms with van der Waals surface area (Å²) < 4.78 is 5.49. The number of ether oxygens (including phenoxy) is 1. The van der Waals surface area contributed by atoms with Crippen LogP contribution in [0.3, 0.4) is 0 Å². The molecule has 0 unspecified atom stereocenters. The fourth-order valence-corrected chi connectivity index (χ4v) is 3.26. The van der Waals surface area contributed by atoms with Gasteiger partial charge in [0, 0.05) is 11.1 Å². The molecule has 0 amide bonds. The summed E-state index contributed by atoms with van der Waals surface area (Å²) in [5, 5.41) is 0. The SMILES string of the molecule is CCCCCCCCCCCCOC(=O)c1ccccc1C#Cc1ccccc1. The minimum atomic E-state index is -0.279. The second-order valence-corrected chi connectivity index (χ2v) is 7.48. The summed E-state index contributed by atoms with van der Waals surface area (Å²) in [4.78, 5) is 12.4. The van der Waals surface area contributed by atoms with E-state index in [9.17, 15) is 4.79 Å². The maximum absolute atomic E-state index is 12.4. The standard InChI is InChI=1S/C27H34O2/c1-2-3-4-5-6-7-8-9-10-16-23-29-27(28)26-20-15-14-19-25(26)22-21-24-17-12-11-13-18-24/h11-15,17-20H,2-10,16,23H2,1H3. The van der Waals surface area contributed by atoms with Crippen LogP contribution in [0, 0.1) is 11.8 Å². The molecule has 29 heavy (non-hydrogen) atoms. The lowest BCUT2D eigenvalue weighted by molar-refractivity contribution is 0.0497. The van der Waals surface area contributed by atoms with Gasteiger partial charge in [0.2, 0.25) is 0 Å². The molecule has 0 bridgehead atoms. The molecule has 0 spiro atoms. The zero-order valence-corrected chi connectivity index (χ0v) is 17.8. The average molecular weight is 391 g/mol. The van der Waals surface area contributed by atoms with Crippen molar-refractivity contribution >= 4 is 5.97 Å². The van der Waals surface area contributed by atoms with Crippen LogP contribution in [0.25, 0.3) is 0 Å². The first kappa shape index (κ1) is 22.8. The van der Waals surface area contributed by atoms with E-state index in [0.717, 1.165) is 18.4 Å². The van der Waals surface area contributed by atoms with Crippen molar-refractivity contribution in [2.75, 3.05) is 6.61 Å². The normalized spacial score (nSPS) is 10.2. The first-order chi connectivity index (χ1) is 14.3. The zero-order chi connectivity index (χ0) is 20.6. The van der Waals surface area contributed by atoms with Crippen molar-refractivity contribution < 1.29 is 9.53 Å². The maximum Gasteiger partial charge on any atom is 0.339 e. The number of unbranched alkanes of at least 4 members (excludes halogenated alkanes) is 9. The van der Waals surface area contributed by atoms with Crippen LogP contribution in [0.5, 0.6) is 0 Å². The van der Waals surface area contributed by atoms with Crippen LogP contribution in [0.2, 0.25) is 0 Å². The lowest BCUT2D eigenvalue weighted by atomic mass is 10.1. The predicted molar refractivity (Wildman–Crippen MR) is 121 cm³/mol. The van der Waals surface area contributed by atoms with Crippen LogP contribution >= 0.6 is 0 Å². The number of carbonyl (C=O) groups excluding carboxylic acids is 1. The molecule has 0 aromatic heterocycles. The van der Waals surface area contributed by atoms with Gasteiger partial charge in [0.25, 0.3) is 0 Å². The first-order valence-electron chi connectivity index (χ1n) is 11.1. The van der Waals surface area contributed by atoms with Crippen LogP contribution < -0.4 is 0 Å². The Hall–Kier alpha value is -2.53. The maximum atomic E-state index is 12.4. The topological polar surface area (TPSA) is 26.3 Å². The molecule has 0 aliphatic carbocycles. The molecule has 2 aromatic rings. The van der Waals surface area contributed by atoms with Crippen LogP contribution in [0.15, 0.2) is 54.6 Å². The van der Waals surface area contributed by atoms with Gasteiger partial charge in [-0.25, -0.2) is 4.79 Å².